The first kappa shape index (κ1) is 13.9. The van der Waals surface area contributed by atoms with Crippen LogP contribution in [-0.4, -0.2) is 25.2 Å². The molecule has 0 amide bonds. The Hall–Kier alpha value is -1.06. The van der Waals surface area contributed by atoms with Crippen molar-refractivity contribution in [2.24, 2.45) is 5.92 Å². The molecule has 2 saturated heterocycles. The van der Waals surface area contributed by atoms with E-state index in [0.29, 0.717) is 6.04 Å². The van der Waals surface area contributed by atoms with Crippen LogP contribution in [-0.2, 0) is 9.53 Å². The van der Waals surface area contributed by atoms with Gasteiger partial charge in [0.1, 0.15) is 0 Å². The minimum atomic E-state index is -0.0968. The number of carbonyl (C=O) groups is 1. The quantitative estimate of drug-likeness (QED) is 0.852. The van der Waals surface area contributed by atoms with Gasteiger partial charge in [-0.2, -0.15) is 0 Å². The van der Waals surface area contributed by atoms with Crippen LogP contribution in [0.1, 0.15) is 36.3 Å². The van der Waals surface area contributed by atoms with Crippen molar-refractivity contribution in [2.45, 2.75) is 44.2 Å². The van der Waals surface area contributed by atoms with Gasteiger partial charge in [0.15, 0.2) is 0 Å². The highest BCUT2D eigenvalue weighted by Crippen LogP contribution is 2.42. The van der Waals surface area contributed by atoms with Crippen molar-refractivity contribution in [3.05, 3.63) is 34.3 Å². The molecule has 0 saturated carbocycles. The second-order valence-corrected chi connectivity index (χ2v) is 6.35. The molecule has 3 nitrogen and oxygen atoms in total. The van der Waals surface area contributed by atoms with Gasteiger partial charge in [-0.3, -0.25) is 4.79 Å². The number of fused-ring (bicyclic) bond motifs is 2. The molecule has 1 aromatic rings. The summed E-state index contributed by atoms with van der Waals surface area (Å²) in [5, 5.41) is 4.33. The van der Waals surface area contributed by atoms with E-state index < -0.39 is 0 Å². The molecule has 0 aromatic heterocycles. The normalized spacial score (nSPS) is 32.1. The number of rotatable bonds is 2. The number of benzene rings is 1. The fourth-order valence-corrected chi connectivity index (χ4v) is 3.88. The second kappa shape index (κ2) is 5.38. The largest absolute Gasteiger partial charge is 0.469 e. The van der Waals surface area contributed by atoms with Crippen molar-refractivity contribution in [3.8, 4) is 0 Å². The monoisotopic (exact) mass is 293 g/mol. The van der Waals surface area contributed by atoms with Gasteiger partial charge in [0.25, 0.3) is 0 Å². The minimum Gasteiger partial charge on any atom is -0.469 e. The average molecular weight is 294 g/mol. The molecule has 1 N–H and O–H groups in total. The van der Waals surface area contributed by atoms with Crippen molar-refractivity contribution in [1.29, 1.82) is 0 Å². The maximum atomic E-state index is 12.2. The van der Waals surface area contributed by atoms with Gasteiger partial charge in [0, 0.05) is 23.0 Å². The number of carbonyl (C=O) groups excluding carboxylic acids is 1. The summed E-state index contributed by atoms with van der Waals surface area (Å²) < 4.78 is 5.04. The molecular formula is C16H20ClNO2. The zero-order chi connectivity index (χ0) is 14.3. The van der Waals surface area contributed by atoms with Crippen molar-refractivity contribution in [3.63, 3.8) is 0 Å². The highest BCUT2D eigenvalue weighted by molar-refractivity contribution is 6.31. The molecule has 2 fully saturated rings. The van der Waals surface area contributed by atoms with Crippen LogP contribution in [0, 0.1) is 12.8 Å². The van der Waals surface area contributed by atoms with Crippen LogP contribution in [0.4, 0.5) is 0 Å². The summed E-state index contributed by atoms with van der Waals surface area (Å²) in [5.74, 6) is 0.0527. The minimum absolute atomic E-state index is 0.0840. The van der Waals surface area contributed by atoms with E-state index in [2.05, 4.69) is 17.4 Å². The van der Waals surface area contributed by atoms with E-state index >= 15 is 0 Å². The van der Waals surface area contributed by atoms with E-state index in [1.807, 2.05) is 13.0 Å². The summed E-state index contributed by atoms with van der Waals surface area (Å²) in [6.07, 6.45) is 3.21. The van der Waals surface area contributed by atoms with Crippen LogP contribution in [0.15, 0.2) is 18.2 Å². The summed E-state index contributed by atoms with van der Waals surface area (Å²) >= 11 is 6.11. The summed E-state index contributed by atoms with van der Waals surface area (Å²) in [7, 11) is 1.48. The summed E-state index contributed by atoms with van der Waals surface area (Å²) in [6.45, 7) is 2.01. The maximum Gasteiger partial charge on any atom is 0.310 e. The number of hydrogen-bond acceptors (Lipinski definition) is 3. The van der Waals surface area contributed by atoms with Crippen LogP contribution in [0.2, 0.25) is 5.02 Å². The maximum absolute atomic E-state index is 12.2. The Morgan fingerprint density at radius 1 is 1.40 bits per heavy atom. The molecule has 108 valence electrons. The van der Waals surface area contributed by atoms with Gasteiger partial charge in [-0.05, 0) is 43.4 Å². The Kier molecular flexibility index (Phi) is 3.74. The molecule has 2 heterocycles. The fraction of sp³-hybridized carbons (Fsp3) is 0.562. The van der Waals surface area contributed by atoms with Gasteiger partial charge >= 0.3 is 5.97 Å². The van der Waals surface area contributed by atoms with Crippen molar-refractivity contribution in [1.82, 2.24) is 5.32 Å². The molecular weight excluding hydrogens is 274 g/mol. The van der Waals surface area contributed by atoms with Crippen LogP contribution >= 0.6 is 11.6 Å². The molecule has 2 aliphatic rings. The molecule has 1 aromatic carbocycles. The lowest BCUT2D eigenvalue weighted by molar-refractivity contribution is -0.148. The smallest absolute Gasteiger partial charge is 0.310 e. The second-order valence-electron chi connectivity index (χ2n) is 5.95. The van der Waals surface area contributed by atoms with Crippen LogP contribution in [0.5, 0.6) is 0 Å². The Labute approximate surface area is 124 Å². The highest BCUT2D eigenvalue weighted by atomic mass is 35.5. The van der Waals surface area contributed by atoms with Gasteiger partial charge in [-0.1, -0.05) is 23.7 Å². The molecule has 0 unspecified atom stereocenters. The SMILES string of the molecule is COC(=O)[C@H]1[C@@H](c2ccc(Cl)c(C)c2)C[C@@H]2CC[C@H]1N2. The zero-order valence-corrected chi connectivity index (χ0v) is 12.6. The van der Waals surface area contributed by atoms with Crippen LogP contribution in [0.25, 0.3) is 0 Å². The molecule has 4 atom stereocenters. The highest BCUT2D eigenvalue weighted by Gasteiger charge is 2.46. The summed E-state index contributed by atoms with van der Waals surface area (Å²) in [6, 6.07) is 6.89. The van der Waals surface area contributed by atoms with Gasteiger partial charge in [-0.15, -0.1) is 0 Å². The third-order valence-corrected chi connectivity index (χ3v) is 5.19. The zero-order valence-electron chi connectivity index (χ0n) is 11.9. The Morgan fingerprint density at radius 3 is 2.90 bits per heavy atom. The molecule has 20 heavy (non-hydrogen) atoms. The van der Waals surface area contributed by atoms with E-state index in [0.717, 1.165) is 29.8 Å². The van der Waals surface area contributed by atoms with Crippen LogP contribution < -0.4 is 5.32 Å². The van der Waals surface area contributed by atoms with Gasteiger partial charge in [0.2, 0.25) is 0 Å². The van der Waals surface area contributed by atoms with E-state index in [-0.39, 0.29) is 23.8 Å². The van der Waals surface area contributed by atoms with Crippen LogP contribution in [0.3, 0.4) is 0 Å². The van der Waals surface area contributed by atoms with Crippen molar-refractivity contribution < 1.29 is 9.53 Å². The van der Waals surface area contributed by atoms with E-state index in [9.17, 15) is 4.79 Å². The molecule has 0 spiro atoms. The Bertz CT molecular complexity index is 531. The predicted molar refractivity (Wildman–Crippen MR) is 79.0 cm³/mol. The van der Waals surface area contributed by atoms with Gasteiger partial charge in [-0.25, -0.2) is 0 Å². The van der Waals surface area contributed by atoms with Crippen molar-refractivity contribution >= 4 is 17.6 Å². The lowest BCUT2D eigenvalue weighted by Crippen LogP contribution is -2.48. The molecule has 0 radical (unpaired) electrons. The third kappa shape index (κ3) is 2.33. The first-order valence-corrected chi connectivity index (χ1v) is 7.58. The molecule has 3 rings (SSSR count). The van der Waals surface area contributed by atoms with Gasteiger partial charge < -0.3 is 10.1 Å². The lowest BCUT2D eigenvalue weighted by atomic mass is 9.76. The predicted octanol–water partition coefficient (Wildman–Crippen LogP) is 3.05. The number of piperidine rings is 1. The van der Waals surface area contributed by atoms with Gasteiger partial charge in [0.05, 0.1) is 13.0 Å². The lowest BCUT2D eigenvalue weighted by Gasteiger charge is -2.36. The average Bonchev–Trinajstić information content (AvgIpc) is 2.82. The third-order valence-electron chi connectivity index (χ3n) is 4.76. The number of halogens is 1. The number of aryl methyl sites for hydroxylation is 1. The molecule has 4 heteroatoms. The molecule has 2 bridgehead atoms. The van der Waals surface area contributed by atoms with E-state index in [1.54, 1.807) is 0 Å². The Balaban J connectivity index is 1.96. The summed E-state index contributed by atoms with van der Waals surface area (Å²) in [5.41, 5.74) is 2.28. The number of ether oxygens (including phenoxy) is 1. The fourth-order valence-electron chi connectivity index (χ4n) is 3.76. The van der Waals surface area contributed by atoms with E-state index in [4.69, 9.17) is 16.3 Å². The summed E-state index contributed by atoms with van der Waals surface area (Å²) in [4.78, 5) is 12.2. The van der Waals surface area contributed by atoms with E-state index in [1.165, 1.54) is 12.7 Å². The number of methoxy groups -OCH3 is 1. The first-order chi connectivity index (χ1) is 9.60. The number of hydrogen-bond donors (Lipinski definition) is 1. The number of esters is 1. The molecule has 0 aliphatic carbocycles. The number of nitrogens with one attached hydrogen (secondary N) is 1. The first-order valence-electron chi connectivity index (χ1n) is 7.20. The topological polar surface area (TPSA) is 38.3 Å². The van der Waals surface area contributed by atoms with Crippen molar-refractivity contribution in [2.75, 3.05) is 7.11 Å². The molecule has 2 aliphatic heterocycles. The standard InChI is InChI=1S/C16H20ClNO2/c1-9-7-10(3-5-13(9)17)12-8-11-4-6-14(18-11)15(12)16(19)20-2/h3,5,7,11-12,14-15,18H,4,6,8H2,1-2H3/t11-,12+,14+,15-/m0/s1. The Morgan fingerprint density at radius 2 is 2.20 bits per heavy atom.